The number of hydrazone groups is 1. The van der Waals surface area contributed by atoms with Gasteiger partial charge in [0.05, 0.1) is 6.21 Å². The summed E-state index contributed by atoms with van der Waals surface area (Å²) in [6.07, 6.45) is 1.42. The van der Waals surface area contributed by atoms with E-state index in [9.17, 15) is 9.59 Å². The van der Waals surface area contributed by atoms with Crippen LogP contribution in [-0.4, -0.2) is 18.0 Å². The summed E-state index contributed by atoms with van der Waals surface area (Å²) >= 11 is 5.76. The SMILES string of the molecule is Cc1cccc(NC(=O)C(=O)N/N=C\c2ccc(Cl)cc2)c1. The van der Waals surface area contributed by atoms with Crippen LogP contribution in [0.1, 0.15) is 11.1 Å². The minimum absolute atomic E-state index is 0.557. The van der Waals surface area contributed by atoms with Crippen LogP contribution in [-0.2, 0) is 9.59 Å². The molecular weight excluding hydrogens is 302 g/mol. The molecule has 0 atom stereocenters. The highest BCUT2D eigenvalue weighted by Crippen LogP contribution is 2.09. The van der Waals surface area contributed by atoms with E-state index in [1.54, 1.807) is 42.5 Å². The van der Waals surface area contributed by atoms with Gasteiger partial charge in [0, 0.05) is 10.7 Å². The Morgan fingerprint density at radius 2 is 1.82 bits per heavy atom. The standard InChI is InChI=1S/C16H14ClN3O2/c1-11-3-2-4-14(9-11)19-15(21)16(22)20-18-10-12-5-7-13(17)8-6-12/h2-10H,1H3,(H,19,21)(H,20,22)/b18-10-. The summed E-state index contributed by atoms with van der Waals surface area (Å²) in [4.78, 5) is 23.3. The molecule has 6 heteroatoms. The number of hydrogen-bond acceptors (Lipinski definition) is 3. The van der Waals surface area contributed by atoms with Crippen molar-refractivity contribution in [3.63, 3.8) is 0 Å². The van der Waals surface area contributed by atoms with Crippen LogP contribution in [0.25, 0.3) is 0 Å². The van der Waals surface area contributed by atoms with Gasteiger partial charge >= 0.3 is 11.8 Å². The third kappa shape index (κ3) is 4.71. The van der Waals surface area contributed by atoms with Crippen LogP contribution < -0.4 is 10.7 Å². The fraction of sp³-hybridized carbons (Fsp3) is 0.0625. The number of benzene rings is 2. The summed E-state index contributed by atoms with van der Waals surface area (Å²) in [5, 5.41) is 6.83. The van der Waals surface area contributed by atoms with Gasteiger partial charge in [0.2, 0.25) is 0 Å². The Morgan fingerprint density at radius 3 is 2.50 bits per heavy atom. The first-order valence-electron chi connectivity index (χ1n) is 6.51. The van der Waals surface area contributed by atoms with Gasteiger partial charge in [0.15, 0.2) is 0 Å². The van der Waals surface area contributed by atoms with Crippen LogP contribution in [0, 0.1) is 6.92 Å². The molecule has 2 aromatic rings. The van der Waals surface area contributed by atoms with Crippen LogP contribution >= 0.6 is 11.6 Å². The number of carbonyl (C=O) groups is 2. The molecule has 0 aliphatic rings. The van der Waals surface area contributed by atoms with Crippen molar-refractivity contribution >= 4 is 35.3 Å². The van der Waals surface area contributed by atoms with E-state index in [1.807, 2.05) is 13.0 Å². The van der Waals surface area contributed by atoms with Gasteiger partial charge in [-0.1, -0.05) is 35.9 Å². The third-order valence-corrected chi connectivity index (χ3v) is 2.98. The minimum Gasteiger partial charge on any atom is -0.318 e. The van der Waals surface area contributed by atoms with E-state index in [1.165, 1.54) is 6.21 Å². The summed E-state index contributed by atoms with van der Waals surface area (Å²) in [7, 11) is 0. The number of anilines is 1. The molecule has 0 heterocycles. The Balaban J connectivity index is 1.89. The number of amides is 2. The van der Waals surface area contributed by atoms with Crippen LogP contribution in [0.4, 0.5) is 5.69 Å². The normalized spacial score (nSPS) is 10.5. The van der Waals surface area contributed by atoms with Crippen LogP contribution in [0.5, 0.6) is 0 Å². The highest BCUT2D eigenvalue weighted by atomic mass is 35.5. The zero-order valence-corrected chi connectivity index (χ0v) is 12.6. The molecule has 0 unspecified atom stereocenters. The molecule has 0 aromatic heterocycles. The van der Waals surface area contributed by atoms with Crippen molar-refractivity contribution in [3.8, 4) is 0 Å². The first-order chi connectivity index (χ1) is 10.5. The molecule has 2 N–H and O–H groups in total. The smallest absolute Gasteiger partial charge is 0.318 e. The molecule has 2 amide bonds. The summed E-state index contributed by atoms with van der Waals surface area (Å²) in [5.74, 6) is -1.62. The summed E-state index contributed by atoms with van der Waals surface area (Å²) in [5.41, 5.74) is 4.46. The maximum atomic E-state index is 11.7. The van der Waals surface area contributed by atoms with Crippen LogP contribution in [0.2, 0.25) is 5.02 Å². The highest BCUT2D eigenvalue weighted by Gasteiger charge is 2.12. The fourth-order valence-corrected chi connectivity index (χ4v) is 1.80. The van der Waals surface area contributed by atoms with E-state index in [4.69, 9.17) is 11.6 Å². The van der Waals surface area contributed by atoms with Crippen molar-refractivity contribution in [2.24, 2.45) is 5.10 Å². The molecular formula is C16H14ClN3O2. The zero-order valence-electron chi connectivity index (χ0n) is 11.8. The van der Waals surface area contributed by atoms with E-state index < -0.39 is 11.8 Å². The molecule has 0 saturated carbocycles. The highest BCUT2D eigenvalue weighted by molar-refractivity contribution is 6.39. The Hall–Kier alpha value is -2.66. The summed E-state index contributed by atoms with van der Waals surface area (Å²) in [6.45, 7) is 1.89. The predicted molar refractivity (Wildman–Crippen MR) is 87.0 cm³/mol. The van der Waals surface area contributed by atoms with Crippen molar-refractivity contribution in [3.05, 3.63) is 64.7 Å². The van der Waals surface area contributed by atoms with E-state index >= 15 is 0 Å². The van der Waals surface area contributed by atoms with Crippen molar-refractivity contribution in [2.45, 2.75) is 6.92 Å². The van der Waals surface area contributed by atoms with Gasteiger partial charge in [-0.2, -0.15) is 5.10 Å². The van der Waals surface area contributed by atoms with E-state index in [0.29, 0.717) is 10.7 Å². The second kappa shape index (κ2) is 7.38. The molecule has 2 rings (SSSR count). The molecule has 5 nitrogen and oxygen atoms in total. The zero-order chi connectivity index (χ0) is 15.9. The summed E-state index contributed by atoms with van der Waals surface area (Å²) in [6, 6.07) is 14.0. The monoisotopic (exact) mass is 315 g/mol. The lowest BCUT2D eigenvalue weighted by Crippen LogP contribution is -2.32. The molecule has 22 heavy (non-hydrogen) atoms. The van der Waals surface area contributed by atoms with Gasteiger partial charge in [-0.15, -0.1) is 0 Å². The molecule has 0 radical (unpaired) electrons. The quantitative estimate of drug-likeness (QED) is 0.519. The topological polar surface area (TPSA) is 70.6 Å². The lowest BCUT2D eigenvalue weighted by molar-refractivity contribution is -0.136. The van der Waals surface area contributed by atoms with Crippen LogP contribution in [0.3, 0.4) is 0 Å². The first-order valence-corrected chi connectivity index (χ1v) is 6.89. The molecule has 0 bridgehead atoms. The van der Waals surface area contributed by atoms with Gasteiger partial charge < -0.3 is 5.32 Å². The lowest BCUT2D eigenvalue weighted by atomic mass is 10.2. The van der Waals surface area contributed by atoms with E-state index in [2.05, 4.69) is 15.8 Å². The second-order valence-corrected chi connectivity index (χ2v) is 5.01. The van der Waals surface area contributed by atoms with Gasteiger partial charge in [-0.05, 0) is 42.3 Å². The number of nitrogens with one attached hydrogen (secondary N) is 2. The van der Waals surface area contributed by atoms with Crippen molar-refractivity contribution in [1.82, 2.24) is 5.43 Å². The predicted octanol–water partition coefficient (Wildman–Crippen LogP) is 2.74. The Morgan fingerprint density at radius 1 is 1.09 bits per heavy atom. The maximum absolute atomic E-state index is 11.7. The van der Waals surface area contributed by atoms with Gasteiger partial charge in [0.1, 0.15) is 0 Å². The van der Waals surface area contributed by atoms with Gasteiger partial charge in [-0.25, -0.2) is 5.43 Å². The number of halogens is 1. The van der Waals surface area contributed by atoms with E-state index in [-0.39, 0.29) is 0 Å². The minimum atomic E-state index is -0.841. The van der Waals surface area contributed by atoms with E-state index in [0.717, 1.165) is 11.1 Å². The number of nitrogens with zero attached hydrogens (tertiary/aromatic N) is 1. The molecule has 2 aromatic carbocycles. The molecule has 0 aliphatic carbocycles. The Labute approximate surface area is 133 Å². The second-order valence-electron chi connectivity index (χ2n) is 4.57. The lowest BCUT2D eigenvalue weighted by Gasteiger charge is -2.04. The van der Waals surface area contributed by atoms with Gasteiger partial charge in [-0.3, -0.25) is 9.59 Å². The van der Waals surface area contributed by atoms with Crippen molar-refractivity contribution in [1.29, 1.82) is 0 Å². The number of aryl methyl sites for hydroxylation is 1. The third-order valence-electron chi connectivity index (χ3n) is 2.73. The average molecular weight is 316 g/mol. The molecule has 0 saturated heterocycles. The van der Waals surface area contributed by atoms with Gasteiger partial charge in [0.25, 0.3) is 0 Å². The average Bonchev–Trinajstić information content (AvgIpc) is 2.49. The largest absolute Gasteiger partial charge is 0.329 e. The van der Waals surface area contributed by atoms with Crippen LogP contribution in [0.15, 0.2) is 53.6 Å². The Kier molecular flexibility index (Phi) is 5.27. The molecule has 112 valence electrons. The molecule has 0 aliphatic heterocycles. The maximum Gasteiger partial charge on any atom is 0.329 e. The van der Waals surface area contributed by atoms with Crippen molar-refractivity contribution in [2.75, 3.05) is 5.32 Å². The fourth-order valence-electron chi connectivity index (χ4n) is 1.68. The molecule has 0 spiro atoms. The number of carbonyl (C=O) groups excluding carboxylic acids is 2. The summed E-state index contributed by atoms with van der Waals surface area (Å²) < 4.78 is 0. The molecule has 0 fully saturated rings. The number of hydrogen-bond donors (Lipinski definition) is 2. The number of rotatable bonds is 3. The Bertz CT molecular complexity index is 712. The first kappa shape index (κ1) is 15.7. The van der Waals surface area contributed by atoms with Crippen molar-refractivity contribution < 1.29 is 9.59 Å².